The Hall–Kier alpha value is -1.26. The third-order valence-corrected chi connectivity index (χ3v) is 2.49. The van der Waals surface area contributed by atoms with Crippen LogP contribution in [0.5, 0.6) is 5.75 Å². The lowest BCUT2D eigenvalue weighted by molar-refractivity contribution is -0.117. The second kappa shape index (κ2) is 6.26. The molecule has 5 heteroatoms. The van der Waals surface area contributed by atoms with Crippen LogP contribution in [0, 0.1) is 0 Å². The zero-order chi connectivity index (χ0) is 14.6. The van der Waals surface area contributed by atoms with E-state index >= 15 is 0 Å². The van der Waals surface area contributed by atoms with Gasteiger partial charge in [0.2, 0.25) is 5.91 Å². The molecule has 0 aliphatic carbocycles. The molecule has 0 saturated carbocycles. The van der Waals surface area contributed by atoms with Gasteiger partial charge >= 0.3 is 0 Å². The average molecular weight is 285 g/mol. The zero-order valence-electron chi connectivity index (χ0n) is 11.8. The Balaban J connectivity index is 2.71. The van der Waals surface area contributed by atoms with Gasteiger partial charge in [-0.3, -0.25) is 4.79 Å². The molecule has 0 heterocycles. The van der Waals surface area contributed by atoms with Crippen LogP contribution >= 0.6 is 11.6 Å². The third-order valence-electron chi connectivity index (χ3n) is 2.19. The summed E-state index contributed by atoms with van der Waals surface area (Å²) in [4.78, 5) is 11.7. The molecule has 1 aromatic carbocycles. The molecule has 0 aliphatic heterocycles. The fraction of sp³-hybridized carbons (Fsp3) is 0.500. The number of anilines is 1. The van der Waals surface area contributed by atoms with Crippen LogP contribution in [-0.2, 0) is 4.79 Å². The predicted octanol–water partition coefficient (Wildman–Crippen LogP) is 3.19. The Kier molecular flexibility index (Phi) is 5.20. The van der Waals surface area contributed by atoms with Crippen molar-refractivity contribution in [1.29, 1.82) is 0 Å². The van der Waals surface area contributed by atoms with Crippen molar-refractivity contribution in [2.75, 3.05) is 5.32 Å². The Morgan fingerprint density at radius 1 is 1.47 bits per heavy atom. The molecule has 0 atom stereocenters. The number of nitrogens with one attached hydrogen (secondary N) is 1. The van der Waals surface area contributed by atoms with E-state index in [-0.39, 0.29) is 18.4 Å². The van der Waals surface area contributed by atoms with Crippen molar-refractivity contribution in [3.05, 3.63) is 23.2 Å². The second-order valence-corrected chi connectivity index (χ2v) is 5.93. The number of carbonyl (C=O) groups excluding carboxylic acids is 1. The van der Waals surface area contributed by atoms with E-state index in [0.29, 0.717) is 16.5 Å². The largest absolute Gasteiger partial charge is 0.489 e. The van der Waals surface area contributed by atoms with Gasteiger partial charge in [0.25, 0.3) is 0 Å². The summed E-state index contributed by atoms with van der Waals surface area (Å²) in [6.07, 6.45) is 0.297. The van der Waals surface area contributed by atoms with Crippen LogP contribution in [0.3, 0.4) is 0 Å². The molecule has 4 nitrogen and oxygen atoms in total. The van der Waals surface area contributed by atoms with Crippen molar-refractivity contribution in [3.63, 3.8) is 0 Å². The van der Waals surface area contributed by atoms with Crippen molar-refractivity contribution in [2.24, 2.45) is 5.73 Å². The standard InChI is InChI=1S/C14H21ClN2O2/c1-9(2)19-12-6-5-10(7-11(12)15)17-13(18)8-14(3,4)16/h5-7,9H,8,16H2,1-4H3,(H,17,18). The van der Waals surface area contributed by atoms with Gasteiger partial charge in [0.15, 0.2) is 0 Å². The van der Waals surface area contributed by atoms with E-state index in [9.17, 15) is 4.79 Å². The van der Waals surface area contributed by atoms with E-state index in [1.165, 1.54) is 0 Å². The van der Waals surface area contributed by atoms with Gasteiger partial charge in [-0.1, -0.05) is 11.6 Å². The Bertz CT molecular complexity index is 453. The molecule has 3 N–H and O–H groups in total. The summed E-state index contributed by atoms with van der Waals surface area (Å²) >= 11 is 6.09. The number of hydrogen-bond acceptors (Lipinski definition) is 3. The van der Waals surface area contributed by atoms with Crippen LogP contribution in [0.4, 0.5) is 5.69 Å². The van der Waals surface area contributed by atoms with Gasteiger partial charge in [0.05, 0.1) is 11.1 Å². The first-order chi connectivity index (χ1) is 8.67. The number of benzene rings is 1. The van der Waals surface area contributed by atoms with Gasteiger partial charge in [-0.15, -0.1) is 0 Å². The fourth-order valence-corrected chi connectivity index (χ4v) is 1.77. The first-order valence-electron chi connectivity index (χ1n) is 6.22. The van der Waals surface area contributed by atoms with Crippen molar-refractivity contribution >= 4 is 23.2 Å². The van der Waals surface area contributed by atoms with Crippen LogP contribution in [-0.4, -0.2) is 17.6 Å². The molecule has 1 rings (SSSR count). The zero-order valence-corrected chi connectivity index (χ0v) is 12.5. The second-order valence-electron chi connectivity index (χ2n) is 5.53. The number of nitrogens with two attached hydrogens (primary N) is 1. The summed E-state index contributed by atoms with van der Waals surface area (Å²) in [5.41, 5.74) is 5.89. The maximum atomic E-state index is 11.7. The van der Waals surface area contributed by atoms with E-state index < -0.39 is 5.54 Å². The van der Waals surface area contributed by atoms with Gasteiger partial charge in [-0.2, -0.15) is 0 Å². The summed E-state index contributed by atoms with van der Waals surface area (Å²) in [6.45, 7) is 7.46. The van der Waals surface area contributed by atoms with Crippen molar-refractivity contribution in [2.45, 2.75) is 45.8 Å². The Labute approximate surface area is 119 Å². The first kappa shape index (κ1) is 15.8. The van der Waals surface area contributed by atoms with Crippen LogP contribution in [0.15, 0.2) is 18.2 Å². The molecule has 106 valence electrons. The van der Waals surface area contributed by atoms with Crippen molar-refractivity contribution in [1.82, 2.24) is 0 Å². The smallest absolute Gasteiger partial charge is 0.226 e. The molecule has 0 spiro atoms. The Morgan fingerprint density at radius 3 is 2.58 bits per heavy atom. The normalized spacial score (nSPS) is 11.5. The van der Waals surface area contributed by atoms with Gasteiger partial charge in [-0.05, 0) is 45.9 Å². The molecule has 0 aliphatic rings. The SMILES string of the molecule is CC(C)Oc1ccc(NC(=O)CC(C)(C)N)cc1Cl. The molecule has 0 fully saturated rings. The highest BCUT2D eigenvalue weighted by atomic mass is 35.5. The third kappa shape index (κ3) is 5.94. The van der Waals surface area contributed by atoms with Crippen LogP contribution in [0.2, 0.25) is 5.02 Å². The van der Waals surface area contributed by atoms with Crippen LogP contribution < -0.4 is 15.8 Å². The molecular formula is C14H21ClN2O2. The summed E-state index contributed by atoms with van der Waals surface area (Å²) in [5.74, 6) is 0.468. The van der Waals surface area contributed by atoms with Crippen molar-refractivity contribution < 1.29 is 9.53 Å². The lowest BCUT2D eigenvalue weighted by atomic mass is 10.0. The van der Waals surface area contributed by atoms with Gasteiger partial charge in [-0.25, -0.2) is 0 Å². The van der Waals surface area contributed by atoms with Gasteiger partial charge < -0.3 is 15.8 Å². The minimum absolute atomic E-state index is 0.0518. The quantitative estimate of drug-likeness (QED) is 0.873. The van der Waals surface area contributed by atoms with Gasteiger partial charge in [0.1, 0.15) is 5.75 Å². The summed E-state index contributed by atoms with van der Waals surface area (Å²) in [6, 6.07) is 5.16. The van der Waals surface area contributed by atoms with E-state index in [1.54, 1.807) is 32.0 Å². The average Bonchev–Trinajstić information content (AvgIpc) is 2.18. The van der Waals surface area contributed by atoms with Crippen LogP contribution in [0.25, 0.3) is 0 Å². The van der Waals surface area contributed by atoms with E-state index in [4.69, 9.17) is 22.1 Å². The molecule has 19 heavy (non-hydrogen) atoms. The summed E-state index contributed by atoms with van der Waals surface area (Å²) in [5, 5.41) is 3.23. The lowest BCUT2D eigenvalue weighted by Gasteiger charge is -2.18. The Morgan fingerprint density at radius 2 is 2.11 bits per heavy atom. The van der Waals surface area contributed by atoms with Crippen molar-refractivity contribution in [3.8, 4) is 5.75 Å². The fourth-order valence-electron chi connectivity index (χ4n) is 1.55. The molecule has 0 radical (unpaired) electrons. The first-order valence-corrected chi connectivity index (χ1v) is 6.60. The monoisotopic (exact) mass is 284 g/mol. The molecule has 0 saturated heterocycles. The van der Waals surface area contributed by atoms with Crippen LogP contribution in [0.1, 0.15) is 34.1 Å². The topological polar surface area (TPSA) is 64.3 Å². The highest BCUT2D eigenvalue weighted by Gasteiger charge is 2.16. The van der Waals surface area contributed by atoms with E-state index in [2.05, 4.69) is 5.32 Å². The lowest BCUT2D eigenvalue weighted by Crippen LogP contribution is -2.36. The minimum atomic E-state index is -0.533. The predicted molar refractivity (Wildman–Crippen MR) is 78.7 cm³/mol. The number of hydrogen-bond donors (Lipinski definition) is 2. The number of halogens is 1. The summed E-state index contributed by atoms with van der Waals surface area (Å²) < 4.78 is 5.52. The van der Waals surface area contributed by atoms with E-state index in [1.807, 2.05) is 13.8 Å². The maximum absolute atomic E-state index is 11.7. The van der Waals surface area contributed by atoms with Gasteiger partial charge in [0, 0.05) is 17.6 Å². The minimum Gasteiger partial charge on any atom is -0.489 e. The molecule has 0 bridgehead atoms. The maximum Gasteiger partial charge on any atom is 0.226 e. The number of amides is 1. The molecular weight excluding hydrogens is 264 g/mol. The molecule has 0 unspecified atom stereocenters. The highest BCUT2D eigenvalue weighted by molar-refractivity contribution is 6.32. The summed E-state index contributed by atoms with van der Waals surface area (Å²) in [7, 11) is 0. The molecule has 0 aromatic heterocycles. The van der Waals surface area contributed by atoms with E-state index in [0.717, 1.165) is 0 Å². The highest BCUT2D eigenvalue weighted by Crippen LogP contribution is 2.28. The molecule has 1 amide bonds. The molecule has 1 aromatic rings. The number of carbonyl (C=O) groups is 1. The number of rotatable bonds is 5. The number of ether oxygens (including phenoxy) is 1.